The van der Waals surface area contributed by atoms with Crippen molar-refractivity contribution in [3.8, 4) is 0 Å². The van der Waals surface area contributed by atoms with Crippen molar-refractivity contribution in [1.82, 2.24) is 0 Å². The predicted molar refractivity (Wildman–Crippen MR) is 132 cm³/mol. The minimum Gasteiger partial charge on any atom is -0.299 e. The van der Waals surface area contributed by atoms with Gasteiger partial charge in [0.25, 0.3) is 0 Å². The quantitative estimate of drug-likeness (QED) is 0.196. The van der Waals surface area contributed by atoms with Gasteiger partial charge in [0.1, 0.15) is 12.1 Å². The first-order valence-corrected chi connectivity index (χ1v) is 13.0. The number of aldehydes is 1. The molecular weight excluding hydrogens is 392 g/mol. The maximum absolute atomic E-state index is 12.8. The third kappa shape index (κ3) is 3.18. The lowest BCUT2D eigenvalue weighted by Crippen LogP contribution is -2.53. The Kier molecular flexibility index (Phi) is 5.79. The Balaban J connectivity index is 1.67. The summed E-state index contributed by atoms with van der Waals surface area (Å²) in [4.78, 5) is 23.7. The van der Waals surface area contributed by atoms with E-state index < -0.39 is 0 Å². The van der Waals surface area contributed by atoms with E-state index in [0.717, 1.165) is 24.7 Å². The minimum absolute atomic E-state index is 0.183. The van der Waals surface area contributed by atoms with Crippen molar-refractivity contribution in [3.63, 3.8) is 0 Å². The van der Waals surface area contributed by atoms with Crippen LogP contribution in [0.5, 0.6) is 0 Å². The Morgan fingerprint density at radius 3 is 2.38 bits per heavy atom. The molecule has 2 saturated carbocycles. The van der Waals surface area contributed by atoms with E-state index >= 15 is 0 Å². The molecule has 0 N–H and O–H groups in total. The number of rotatable bonds is 4. The zero-order valence-corrected chi connectivity index (χ0v) is 21.5. The highest BCUT2D eigenvalue weighted by Crippen LogP contribution is 2.72. The first-order valence-electron chi connectivity index (χ1n) is 13.0. The van der Waals surface area contributed by atoms with Crippen LogP contribution < -0.4 is 0 Å². The molecule has 0 aromatic rings. The number of Topliss-reactive ketones (excluding diaryl/α,β-unsaturated/α-hetero) is 1. The summed E-state index contributed by atoms with van der Waals surface area (Å²) in [7, 11) is 0. The molecule has 32 heavy (non-hydrogen) atoms. The Labute approximate surface area is 196 Å². The monoisotopic (exact) mass is 436 g/mol. The van der Waals surface area contributed by atoms with Crippen LogP contribution in [0, 0.1) is 39.4 Å². The van der Waals surface area contributed by atoms with Gasteiger partial charge in [-0.3, -0.25) is 9.59 Å². The Hall–Kier alpha value is -1.44. The van der Waals surface area contributed by atoms with Crippen LogP contribution in [0.1, 0.15) is 99.8 Å². The van der Waals surface area contributed by atoms with E-state index in [1.165, 1.54) is 38.5 Å². The molecule has 4 aliphatic carbocycles. The molecule has 6 atom stereocenters. The molecule has 0 unspecified atom stereocenters. The van der Waals surface area contributed by atoms with Crippen molar-refractivity contribution in [2.45, 2.75) is 99.8 Å². The zero-order valence-electron chi connectivity index (χ0n) is 21.5. The summed E-state index contributed by atoms with van der Waals surface area (Å²) in [6.07, 6.45) is 16.5. The van der Waals surface area contributed by atoms with Gasteiger partial charge in [0, 0.05) is 11.8 Å². The van der Waals surface area contributed by atoms with Crippen LogP contribution in [-0.2, 0) is 9.59 Å². The second kappa shape index (κ2) is 7.81. The highest BCUT2D eigenvalue weighted by molar-refractivity contribution is 5.85. The van der Waals surface area contributed by atoms with Crippen LogP contribution >= 0.6 is 0 Å². The van der Waals surface area contributed by atoms with Crippen molar-refractivity contribution in [2.75, 3.05) is 0 Å². The average Bonchev–Trinajstić information content (AvgIpc) is 3.02. The van der Waals surface area contributed by atoms with E-state index in [1.807, 2.05) is 13.0 Å². The summed E-state index contributed by atoms with van der Waals surface area (Å²) in [5.74, 6) is 2.17. The molecule has 0 amide bonds. The summed E-state index contributed by atoms with van der Waals surface area (Å²) < 4.78 is 0. The summed E-state index contributed by atoms with van der Waals surface area (Å²) in [5.41, 5.74) is 4.94. The predicted octanol–water partition coefficient (Wildman–Crippen LogP) is 7.64. The lowest BCUT2D eigenvalue weighted by molar-refractivity contribution is -0.139. The number of ketones is 1. The second-order valence-electron chi connectivity index (χ2n) is 12.8. The van der Waals surface area contributed by atoms with Gasteiger partial charge in [0.05, 0.1) is 0 Å². The molecule has 2 fully saturated rings. The number of hydrogen-bond acceptors (Lipinski definition) is 2. The van der Waals surface area contributed by atoms with Gasteiger partial charge >= 0.3 is 0 Å². The molecular formula is C30H44O2. The molecule has 4 aliphatic rings. The van der Waals surface area contributed by atoms with E-state index in [0.29, 0.717) is 29.0 Å². The van der Waals surface area contributed by atoms with E-state index in [-0.39, 0.29) is 16.2 Å². The van der Waals surface area contributed by atoms with Crippen LogP contribution in [0.25, 0.3) is 0 Å². The third-order valence-corrected chi connectivity index (χ3v) is 11.2. The van der Waals surface area contributed by atoms with Gasteiger partial charge in [-0.05, 0) is 91.4 Å². The van der Waals surface area contributed by atoms with E-state index in [9.17, 15) is 9.59 Å². The van der Waals surface area contributed by atoms with Gasteiger partial charge in [-0.25, -0.2) is 0 Å². The Morgan fingerprint density at radius 2 is 1.69 bits per heavy atom. The molecule has 0 heterocycles. The van der Waals surface area contributed by atoms with Gasteiger partial charge in [-0.1, -0.05) is 70.9 Å². The number of fused-ring (bicyclic) bond motifs is 4. The van der Waals surface area contributed by atoms with Gasteiger partial charge < -0.3 is 0 Å². The fourth-order valence-electron chi connectivity index (χ4n) is 8.93. The number of allylic oxidation sites excluding steroid dienone is 6. The van der Waals surface area contributed by atoms with Crippen molar-refractivity contribution >= 4 is 12.1 Å². The largest absolute Gasteiger partial charge is 0.299 e. The SMILES string of the molecule is C/C(C=O)=C\C=C\[C@@H](C)[C@H]1CC[C@@]2(C)C3=C(CC[C@]12C)[C@@]1(C)CCC(=O)C(C)(C)[C@@H]1CC3. The minimum atomic E-state index is -0.183. The second-order valence-corrected chi connectivity index (χ2v) is 12.8. The molecule has 0 saturated heterocycles. The van der Waals surface area contributed by atoms with Crippen LogP contribution in [0.15, 0.2) is 34.9 Å². The maximum Gasteiger partial charge on any atom is 0.145 e. The Morgan fingerprint density at radius 1 is 0.969 bits per heavy atom. The molecule has 2 heteroatoms. The molecule has 176 valence electrons. The lowest BCUT2D eigenvalue weighted by atomic mass is 9.43. The summed E-state index contributed by atoms with van der Waals surface area (Å²) >= 11 is 0. The van der Waals surface area contributed by atoms with Crippen molar-refractivity contribution in [1.29, 1.82) is 0 Å². The van der Waals surface area contributed by atoms with Gasteiger partial charge in [0.15, 0.2) is 0 Å². The first-order chi connectivity index (χ1) is 14.9. The van der Waals surface area contributed by atoms with Crippen molar-refractivity contribution in [3.05, 3.63) is 34.9 Å². The van der Waals surface area contributed by atoms with Crippen LogP contribution in [-0.4, -0.2) is 12.1 Å². The van der Waals surface area contributed by atoms with Gasteiger partial charge in [-0.15, -0.1) is 0 Å². The molecule has 0 aromatic carbocycles. The van der Waals surface area contributed by atoms with Crippen molar-refractivity contribution < 1.29 is 9.59 Å². The normalized spacial score (nSPS) is 42.5. The molecule has 2 nitrogen and oxygen atoms in total. The van der Waals surface area contributed by atoms with E-state index in [1.54, 1.807) is 11.1 Å². The molecule has 0 aliphatic heterocycles. The zero-order chi connectivity index (χ0) is 23.5. The van der Waals surface area contributed by atoms with Gasteiger partial charge in [0.2, 0.25) is 0 Å². The number of carbonyl (C=O) groups is 2. The summed E-state index contributed by atoms with van der Waals surface area (Å²) in [5, 5.41) is 0. The molecule has 0 radical (unpaired) electrons. The first kappa shape index (κ1) is 23.7. The molecule has 4 rings (SSSR count). The third-order valence-electron chi connectivity index (χ3n) is 11.2. The highest BCUT2D eigenvalue weighted by Gasteiger charge is 2.63. The van der Waals surface area contributed by atoms with Crippen LogP contribution in [0.4, 0.5) is 0 Å². The van der Waals surface area contributed by atoms with Crippen LogP contribution in [0.3, 0.4) is 0 Å². The summed E-state index contributed by atoms with van der Waals surface area (Å²) in [6, 6.07) is 0. The maximum atomic E-state index is 12.8. The standard InChI is InChI=1S/C30H44O2/c1-20(19-31)9-8-10-21(2)22-13-17-30(7)24-11-12-25-27(3,4)26(32)15-16-28(25,5)23(24)14-18-29(22,30)6/h8-10,19,21-22,25H,11-18H2,1-7H3/b10-8+,20-9+/t21-,22-,25+,28-,29-,30+/m1/s1. The number of carbonyl (C=O) groups excluding carboxylic acids is 2. The smallest absolute Gasteiger partial charge is 0.145 e. The summed E-state index contributed by atoms with van der Waals surface area (Å²) in [6.45, 7) is 16.3. The average molecular weight is 437 g/mol. The number of hydrogen-bond donors (Lipinski definition) is 0. The fraction of sp³-hybridized carbons (Fsp3) is 0.733. The fourth-order valence-corrected chi connectivity index (χ4v) is 8.93. The van der Waals surface area contributed by atoms with Crippen LogP contribution in [0.2, 0.25) is 0 Å². The molecule has 0 aromatic heterocycles. The van der Waals surface area contributed by atoms with Gasteiger partial charge in [-0.2, -0.15) is 0 Å². The van der Waals surface area contributed by atoms with E-state index in [4.69, 9.17) is 0 Å². The lowest BCUT2D eigenvalue weighted by Gasteiger charge is -2.60. The molecule has 0 bridgehead atoms. The van der Waals surface area contributed by atoms with E-state index in [2.05, 4.69) is 53.7 Å². The van der Waals surface area contributed by atoms with Crippen molar-refractivity contribution in [2.24, 2.45) is 39.4 Å². The Bertz CT molecular complexity index is 902. The topological polar surface area (TPSA) is 34.1 Å². The highest BCUT2D eigenvalue weighted by atomic mass is 16.1. The molecule has 0 spiro atoms.